The van der Waals surface area contributed by atoms with E-state index in [1.807, 2.05) is 18.2 Å². The van der Waals surface area contributed by atoms with Gasteiger partial charge in [0.1, 0.15) is 5.84 Å². The van der Waals surface area contributed by atoms with Crippen LogP contribution < -0.4 is 21.1 Å². The van der Waals surface area contributed by atoms with E-state index in [4.69, 9.17) is 21.6 Å². The second-order valence-corrected chi connectivity index (χ2v) is 5.30. The van der Waals surface area contributed by atoms with Gasteiger partial charge in [-0.15, -0.1) is 0 Å². The smallest absolute Gasteiger partial charge is 0.324 e. The molecule has 1 aromatic carbocycles. The lowest BCUT2D eigenvalue weighted by molar-refractivity contribution is 0.256. The Labute approximate surface area is 133 Å². The van der Waals surface area contributed by atoms with E-state index >= 15 is 0 Å². The molecule has 1 aliphatic heterocycles. The standard InChI is InChI=1S/C16H17N5O2/c1-23-14-5-3-10(8-20-14)9-2-4-13-11(6-9)7-12(17)15(18)21(13)16(19)22/h2-6,8,12,18H,7,17H2,1H3,(H2,19,22). The maximum Gasteiger partial charge on any atom is 0.324 e. The van der Waals surface area contributed by atoms with Gasteiger partial charge in [-0.25, -0.2) is 14.7 Å². The number of hydrogen-bond acceptors (Lipinski definition) is 5. The number of methoxy groups -OCH3 is 1. The molecule has 7 nitrogen and oxygen atoms in total. The number of carbonyl (C=O) groups excluding carboxylic acids is 1. The van der Waals surface area contributed by atoms with E-state index in [0.29, 0.717) is 18.0 Å². The molecule has 0 saturated heterocycles. The molecule has 0 spiro atoms. The fourth-order valence-corrected chi connectivity index (χ4v) is 2.69. The number of benzene rings is 1. The van der Waals surface area contributed by atoms with Gasteiger partial charge in [0.15, 0.2) is 0 Å². The number of nitrogens with zero attached hydrogens (tertiary/aromatic N) is 2. The highest BCUT2D eigenvalue weighted by Crippen LogP contribution is 2.32. The minimum absolute atomic E-state index is 0.0175. The van der Waals surface area contributed by atoms with Crippen LogP contribution in [0.15, 0.2) is 36.5 Å². The zero-order chi connectivity index (χ0) is 16.6. The Hall–Kier alpha value is -2.93. The van der Waals surface area contributed by atoms with Crippen molar-refractivity contribution in [2.24, 2.45) is 11.5 Å². The summed E-state index contributed by atoms with van der Waals surface area (Å²) < 4.78 is 5.05. The maximum atomic E-state index is 11.6. The molecular weight excluding hydrogens is 294 g/mol. The molecule has 0 saturated carbocycles. The molecule has 0 fully saturated rings. The van der Waals surface area contributed by atoms with Crippen LogP contribution in [0.4, 0.5) is 10.5 Å². The Kier molecular flexibility index (Phi) is 3.71. The van der Waals surface area contributed by atoms with Crippen LogP contribution in [0.1, 0.15) is 5.56 Å². The first-order valence-electron chi connectivity index (χ1n) is 7.08. The first-order valence-corrected chi connectivity index (χ1v) is 7.08. The molecule has 7 heteroatoms. The van der Waals surface area contributed by atoms with Gasteiger partial charge in [-0.2, -0.15) is 0 Å². The maximum absolute atomic E-state index is 11.6. The highest BCUT2D eigenvalue weighted by atomic mass is 16.5. The third-order valence-electron chi connectivity index (χ3n) is 3.85. The van der Waals surface area contributed by atoms with E-state index in [2.05, 4.69) is 4.98 Å². The van der Waals surface area contributed by atoms with E-state index in [1.54, 1.807) is 25.4 Å². The second-order valence-electron chi connectivity index (χ2n) is 5.30. The topological polar surface area (TPSA) is 118 Å². The number of amides is 2. The second kappa shape index (κ2) is 5.69. The van der Waals surface area contributed by atoms with Gasteiger partial charge in [0.25, 0.3) is 0 Å². The zero-order valence-electron chi connectivity index (χ0n) is 12.6. The summed E-state index contributed by atoms with van der Waals surface area (Å²) in [6.45, 7) is 0. The van der Waals surface area contributed by atoms with Gasteiger partial charge in [-0.1, -0.05) is 6.07 Å². The first-order chi connectivity index (χ1) is 11.0. The number of anilines is 1. The molecule has 0 radical (unpaired) electrons. The van der Waals surface area contributed by atoms with Crippen molar-refractivity contribution < 1.29 is 9.53 Å². The molecule has 1 atom stereocenters. The van der Waals surface area contributed by atoms with Crippen LogP contribution in [0.5, 0.6) is 5.88 Å². The summed E-state index contributed by atoms with van der Waals surface area (Å²) in [6.07, 6.45) is 2.20. The van der Waals surface area contributed by atoms with Crippen molar-refractivity contribution in [3.8, 4) is 17.0 Å². The molecule has 1 unspecified atom stereocenters. The number of rotatable bonds is 2. The lowest BCUT2D eigenvalue weighted by Crippen LogP contribution is -2.52. The van der Waals surface area contributed by atoms with Crippen LogP contribution in [-0.4, -0.2) is 30.0 Å². The third-order valence-corrected chi connectivity index (χ3v) is 3.85. The van der Waals surface area contributed by atoms with Gasteiger partial charge in [-0.05, 0) is 35.7 Å². The predicted molar refractivity (Wildman–Crippen MR) is 87.7 cm³/mol. The number of carbonyl (C=O) groups is 1. The van der Waals surface area contributed by atoms with E-state index in [1.165, 1.54) is 0 Å². The van der Waals surface area contributed by atoms with Crippen molar-refractivity contribution >= 4 is 17.6 Å². The van der Waals surface area contributed by atoms with Crippen LogP contribution in [0.25, 0.3) is 11.1 Å². The molecule has 1 aromatic heterocycles. The summed E-state index contributed by atoms with van der Waals surface area (Å²) in [6, 6.07) is 8.02. The number of urea groups is 1. The molecule has 5 N–H and O–H groups in total. The summed E-state index contributed by atoms with van der Waals surface area (Å²) in [5.41, 5.74) is 14.7. The Morgan fingerprint density at radius 2 is 2.09 bits per heavy atom. The van der Waals surface area contributed by atoms with Crippen LogP contribution in [0.2, 0.25) is 0 Å². The largest absolute Gasteiger partial charge is 0.481 e. The van der Waals surface area contributed by atoms with Gasteiger partial charge in [0, 0.05) is 17.8 Å². The van der Waals surface area contributed by atoms with E-state index in [0.717, 1.165) is 21.6 Å². The summed E-state index contributed by atoms with van der Waals surface area (Å²) in [5, 5.41) is 7.95. The first kappa shape index (κ1) is 15.0. The average molecular weight is 311 g/mol. The highest BCUT2D eigenvalue weighted by molar-refractivity contribution is 6.18. The predicted octanol–water partition coefficient (Wildman–Crippen LogP) is 1.50. The normalized spacial score (nSPS) is 16.9. The molecule has 0 aliphatic carbocycles. The van der Waals surface area contributed by atoms with E-state index in [9.17, 15) is 4.79 Å². The molecular formula is C16H17N5O2. The summed E-state index contributed by atoms with van der Waals surface area (Å²) >= 11 is 0. The summed E-state index contributed by atoms with van der Waals surface area (Å²) in [5.74, 6) is 0.561. The van der Waals surface area contributed by atoms with Gasteiger partial charge in [0.2, 0.25) is 5.88 Å². The molecule has 2 aromatic rings. The molecule has 118 valence electrons. The monoisotopic (exact) mass is 311 g/mol. The van der Waals surface area contributed by atoms with Crippen molar-refractivity contribution in [1.82, 2.24) is 4.98 Å². The van der Waals surface area contributed by atoms with Crippen molar-refractivity contribution in [3.05, 3.63) is 42.1 Å². The van der Waals surface area contributed by atoms with Gasteiger partial charge >= 0.3 is 6.03 Å². The minimum Gasteiger partial charge on any atom is -0.481 e. The van der Waals surface area contributed by atoms with Crippen molar-refractivity contribution in [2.45, 2.75) is 12.5 Å². The van der Waals surface area contributed by atoms with Crippen molar-refractivity contribution in [2.75, 3.05) is 12.0 Å². The number of ether oxygens (including phenoxy) is 1. The quantitative estimate of drug-likeness (QED) is 0.778. The van der Waals surface area contributed by atoms with Crippen LogP contribution in [0, 0.1) is 5.41 Å². The lowest BCUT2D eigenvalue weighted by Gasteiger charge is -2.32. The Morgan fingerprint density at radius 3 is 2.70 bits per heavy atom. The number of primary amides is 1. The Bertz CT molecular complexity index is 773. The summed E-state index contributed by atoms with van der Waals surface area (Å²) in [4.78, 5) is 17.0. The number of aromatic nitrogens is 1. The van der Waals surface area contributed by atoms with Crippen LogP contribution in [0.3, 0.4) is 0 Å². The molecule has 2 amide bonds. The molecule has 3 rings (SSSR count). The fraction of sp³-hybridized carbons (Fsp3) is 0.188. The van der Waals surface area contributed by atoms with Crippen molar-refractivity contribution in [1.29, 1.82) is 5.41 Å². The van der Waals surface area contributed by atoms with Crippen molar-refractivity contribution in [3.63, 3.8) is 0 Å². The van der Waals surface area contributed by atoms with Gasteiger partial charge in [-0.3, -0.25) is 5.41 Å². The fourth-order valence-electron chi connectivity index (χ4n) is 2.69. The number of fused-ring (bicyclic) bond motifs is 1. The van der Waals surface area contributed by atoms with E-state index in [-0.39, 0.29) is 5.84 Å². The summed E-state index contributed by atoms with van der Waals surface area (Å²) in [7, 11) is 1.57. The van der Waals surface area contributed by atoms with Gasteiger partial charge < -0.3 is 16.2 Å². The molecule has 2 heterocycles. The zero-order valence-corrected chi connectivity index (χ0v) is 12.6. The van der Waals surface area contributed by atoms with Gasteiger partial charge in [0.05, 0.1) is 18.8 Å². The van der Waals surface area contributed by atoms with Crippen LogP contribution >= 0.6 is 0 Å². The number of nitrogens with one attached hydrogen (secondary N) is 1. The molecule has 23 heavy (non-hydrogen) atoms. The number of amidine groups is 1. The average Bonchev–Trinajstić information content (AvgIpc) is 2.55. The third kappa shape index (κ3) is 2.62. The minimum atomic E-state index is -0.703. The molecule has 1 aliphatic rings. The van der Waals surface area contributed by atoms with Crippen LogP contribution in [-0.2, 0) is 6.42 Å². The highest BCUT2D eigenvalue weighted by Gasteiger charge is 2.30. The number of nitrogens with two attached hydrogens (primary N) is 2. The SMILES string of the molecule is COc1ccc(-c2ccc3c(c2)CC(N)C(=N)N3C(N)=O)cn1. The Morgan fingerprint density at radius 1 is 1.35 bits per heavy atom. The molecule has 0 bridgehead atoms. The number of pyridine rings is 1. The number of hydrogen-bond donors (Lipinski definition) is 3. The Balaban J connectivity index is 2.03. The lowest BCUT2D eigenvalue weighted by atomic mass is 9.94. The van der Waals surface area contributed by atoms with E-state index < -0.39 is 12.1 Å².